The van der Waals surface area contributed by atoms with Gasteiger partial charge in [-0.1, -0.05) is 60.3 Å². The van der Waals surface area contributed by atoms with Crippen LogP contribution in [0, 0.1) is 13.8 Å². The molecule has 0 N–H and O–H groups in total. The first-order valence-electron chi connectivity index (χ1n) is 11.1. The van der Waals surface area contributed by atoms with Crippen LogP contribution in [0.15, 0.2) is 59.9 Å². The Bertz CT molecular complexity index is 1230. The number of nitrogens with zero attached hydrogens (tertiary/aromatic N) is 3. The normalized spacial score (nSPS) is 17.2. The van der Waals surface area contributed by atoms with Gasteiger partial charge in [0.1, 0.15) is 0 Å². The molecule has 1 atom stereocenters. The highest BCUT2D eigenvalue weighted by molar-refractivity contribution is 7.99. The van der Waals surface area contributed by atoms with E-state index in [2.05, 4.69) is 47.7 Å². The Morgan fingerprint density at radius 3 is 2.42 bits per heavy atom. The Labute approximate surface area is 199 Å². The van der Waals surface area contributed by atoms with E-state index < -0.39 is 9.84 Å². The SMILES string of the molecule is CCN(C(=O)CSc1ncc(-c2ccccc2)n1-c1c(C)cccc1C)C1CCS(=O)(=O)C1. The Balaban J connectivity index is 1.64. The molecule has 1 aliphatic heterocycles. The van der Waals surface area contributed by atoms with Crippen molar-refractivity contribution in [2.45, 2.75) is 38.4 Å². The molecule has 1 aliphatic rings. The summed E-state index contributed by atoms with van der Waals surface area (Å²) >= 11 is 1.40. The number of hydrogen-bond acceptors (Lipinski definition) is 5. The van der Waals surface area contributed by atoms with Crippen LogP contribution < -0.4 is 0 Å². The summed E-state index contributed by atoms with van der Waals surface area (Å²) in [6.07, 6.45) is 2.37. The number of para-hydroxylation sites is 1. The number of aryl methyl sites for hydroxylation is 2. The maximum atomic E-state index is 13.1. The number of imidazole rings is 1. The van der Waals surface area contributed by atoms with Gasteiger partial charge in [-0.3, -0.25) is 9.36 Å². The van der Waals surface area contributed by atoms with Crippen LogP contribution in [-0.2, 0) is 14.6 Å². The molecule has 0 saturated carbocycles. The lowest BCUT2D eigenvalue weighted by Crippen LogP contribution is -2.42. The van der Waals surface area contributed by atoms with E-state index in [-0.39, 0.29) is 29.2 Å². The first-order chi connectivity index (χ1) is 15.8. The molecule has 6 nitrogen and oxygen atoms in total. The zero-order valence-corrected chi connectivity index (χ0v) is 20.8. The molecule has 0 aliphatic carbocycles. The van der Waals surface area contributed by atoms with Crippen LogP contribution in [-0.4, -0.2) is 58.6 Å². The van der Waals surface area contributed by atoms with E-state index in [1.54, 1.807) is 4.90 Å². The molecule has 1 saturated heterocycles. The molecule has 0 radical (unpaired) electrons. The number of thioether (sulfide) groups is 1. The molecular formula is C25H29N3O3S2. The quantitative estimate of drug-likeness (QED) is 0.469. The van der Waals surface area contributed by atoms with Gasteiger partial charge < -0.3 is 4.90 Å². The van der Waals surface area contributed by atoms with E-state index in [1.165, 1.54) is 11.8 Å². The van der Waals surface area contributed by atoms with E-state index in [4.69, 9.17) is 0 Å². The Morgan fingerprint density at radius 1 is 1.12 bits per heavy atom. The average Bonchev–Trinajstić information content (AvgIpc) is 3.36. The third-order valence-corrected chi connectivity index (χ3v) is 8.78. The fraction of sp³-hybridized carbons (Fsp3) is 0.360. The molecular weight excluding hydrogens is 454 g/mol. The van der Waals surface area contributed by atoms with Crippen molar-refractivity contribution in [2.24, 2.45) is 0 Å². The minimum absolute atomic E-state index is 0.0538. The highest BCUT2D eigenvalue weighted by Gasteiger charge is 2.34. The van der Waals surface area contributed by atoms with Crippen LogP contribution in [0.1, 0.15) is 24.5 Å². The summed E-state index contributed by atoms with van der Waals surface area (Å²) in [7, 11) is -3.05. The van der Waals surface area contributed by atoms with Gasteiger partial charge in [-0.25, -0.2) is 13.4 Å². The summed E-state index contributed by atoms with van der Waals surface area (Å²) in [6, 6.07) is 16.1. The zero-order chi connectivity index (χ0) is 23.6. The van der Waals surface area contributed by atoms with Crippen molar-refractivity contribution >= 4 is 27.5 Å². The smallest absolute Gasteiger partial charge is 0.233 e. The fourth-order valence-electron chi connectivity index (χ4n) is 4.49. The Morgan fingerprint density at radius 2 is 1.82 bits per heavy atom. The van der Waals surface area contributed by atoms with Crippen molar-refractivity contribution in [3.05, 3.63) is 65.9 Å². The summed E-state index contributed by atoms with van der Waals surface area (Å²) in [6.45, 7) is 6.56. The molecule has 1 amide bonds. The zero-order valence-electron chi connectivity index (χ0n) is 19.2. The van der Waals surface area contributed by atoms with E-state index >= 15 is 0 Å². The van der Waals surface area contributed by atoms with Crippen molar-refractivity contribution in [1.82, 2.24) is 14.5 Å². The van der Waals surface area contributed by atoms with E-state index in [0.29, 0.717) is 13.0 Å². The fourth-order valence-corrected chi connectivity index (χ4v) is 7.09. The molecule has 0 spiro atoms. The molecule has 2 aromatic carbocycles. The maximum Gasteiger partial charge on any atom is 0.233 e. The van der Waals surface area contributed by atoms with E-state index in [9.17, 15) is 13.2 Å². The molecule has 0 bridgehead atoms. The largest absolute Gasteiger partial charge is 0.338 e. The standard InChI is InChI=1S/C25H29N3O3S2/c1-4-27(21-13-14-33(30,31)17-21)23(29)16-32-25-26-15-22(20-11-6-5-7-12-20)28(25)24-18(2)9-8-10-19(24)3/h5-12,15,21H,4,13-14,16-17H2,1-3H3. The van der Waals surface area contributed by atoms with Crippen molar-refractivity contribution in [1.29, 1.82) is 0 Å². The number of carbonyl (C=O) groups is 1. The number of rotatable bonds is 7. The molecule has 1 fully saturated rings. The Kier molecular flexibility index (Phi) is 6.95. The number of sulfone groups is 1. The van der Waals surface area contributed by atoms with Gasteiger partial charge in [0, 0.05) is 18.2 Å². The number of aromatic nitrogens is 2. The van der Waals surface area contributed by atoms with Gasteiger partial charge in [-0.05, 0) is 38.3 Å². The highest BCUT2D eigenvalue weighted by Crippen LogP contribution is 2.33. The molecule has 174 valence electrons. The van der Waals surface area contributed by atoms with Crippen LogP contribution in [0.5, 0.6) is 0 Å². The van der Waals surface area contributed by atoms with Crippen LogP contribution >= 0.6 is 11.8 Å². The maximum absolute atomic E-state index is 13.1. The van der Waals surface area contributed by atoms with Gasteiger partial charge in [0.25, 0.3) is 0 Å². The predicted molar refractivity (Wildman–Crippen MR) is 134 cm³/mol. The summed E-state index contributed by atoms with van der Waals surface area (Å²) in [5, 5.41) is 0.745. The van der Waals surface area contributed by atoms with Gasteiger partial charge >= 0.3 is 0 Å². The van der Waals surface area contributed by atoms with Crippen LogP contribution in [0.2, 0.25) is 0 Å². The lowest BCUT2D eigenvalue weighted by molar-refractivity contribution is -0.129. The summed E-state index contributed by atoms with van der Waals surface area (Å²) in [5.41, 5.74) is 5.35. The highest BCUT2D eigenvalue weighted by atomic mass is 32.2. The molecule has 2 heterocycles. The van der Waals surface area contributed by atoms with Crippen molar-refractivity contribution in [3.8, 4) is 16.9 Å². The van der Waals surface area contributed by atoms with Crippen molar-refractivity contribution in [3.63, 3.8) is 0 Å². The van der Waals surface area contributed by atoms with Gasteiger partial charge in [0.05, 0.1) is 34.8 Å². The summed E-state index contributed by atoms with van der Waals surface area (Å²) in [4.78, 5) is 19.5. The second-order valence-corrected chi connectivity index (χ2v) is 11.6. The monoisotopic (exact) mass is 483 g/mol. The van der Waals surface area contributed by atoms with E-state index in [1.807, 2.05) is 37.4 Å². The topological polar surface area (TPSA) is 72.3 Å². The Hall–Kier alpha value is -2.58. The lowest BCUT2D eigenvalue weighted by atomic mass is 10.1. The second kappa shape index (κ2) is 9.73. The van der Waals surface area contributed by atoms with Crippen LogP contribution in [0.25, 0.3) is 16.9 Å². The molecule has 33 heavy (non-hydrogen) atoms. The predicted octanol–water partition coefficient (Wildman–Crippen LogP) is 4.28. The second-order valence-electron chi connectivity index (χ2n) is 8.39. The minimum atomic E-state index is -3.05. The van der Waals surface area contributed by atoms with Gasteiger partial charge in [0.15, 0.2) is 15.0 Å². The average molecular weight is 484 g/mol. The lowest BCUT2D eigenvalue weighted by Gasteiger charge is -2.26. The third kappa shape index (κ3) is 5.01. The minimum Gasteiger partial charge on any atom is -0.338 e. The molecule has 3 aromatic rings. The van der Waals surface area contributed by atoms with Crippen molar-refractivity contribution in [2.75, 3.05) is 23.8 Å². The van der Waals surface area contributed by atoms with Crippen LogP contribution in [0.3, 0.4) is 0 Å². The third-order valence-electron chi connectivity index (χ3n) is 6.10. The molecule has 8 heteroatoms. The van der Waals surface area contributed by atoms with Crippen molar-refractivity contribution < 1.29 is 13.2 Å². The number of benzene rings is 2. The summed E-state index contributed by atoms with van der Waals surface area (Å²) in [5.74, 6) is 0.376. The van der Waals surface area contributed by atoms with E-state index in [0.717, 1.165) is 33.2 Å². The first kappa shape index (κ1) is 23.6. The van der Waals surface area contributed by atoms with Gasteiger partial charge in [-0.2, -0.15) is 0 Å². The van der Waals surface area contributed by atoms with Crippen LogP contribution in [0.4, 0.5) is 0 Å². The molecule has 1 aromatic heterocycles. The first-order valence-corrected chi connectivity index (χ1v) is 13.9. The van der Waals surface area contributed by atoms with Gasteiger partial charge in [0.2, 0.25) is 5.91 Å². The number of carbonyl (C=O) groups excluding carboxylic acids is 1. The number of amides is 1. The molecule has 4 rings (SSSR count). The summed E-state index contributed by atoms with van der Waals surface area (Å²) < 4.78 is 26.0. The van der Waals surface area contributed by atoms with Gasteiger partial charge in [-0.15, -0.1) is 0 Å². The molecule has 1 unspecified atom stereocenters. The number of hydrogen-bond donors (Lipinski definition) is 0.